The fraction of sp³-hybridized carbons (Fsp3) is 0.514. The monoisotopic (exact) mass is 601 g/mol. The number of fused-ring (bicyclic) bond motifs is 1. The second-order valence-electron chi connectivity index (χ2n) is 14.6. The predicted octanol–water partition coefficient (Wildman–Crippen LogP) is 7.94. The highest BCUT2D eigenvalue weighted by atomic mass is 19.1. The number of anilines is 1. The zero-order valence-electron chi connectivity index (χ0n) is 27.7. The van der Waals surface area contributed by atoms with Crippen LogP contribution in [0, 0.1) is 32.0 Å². The van der Waals surface area contributed by atoms with Gasteiger partial charge in [-0.25, -0.2) is 9.18 Å². The molecule has 0 bridgehead atoms. The molecule has 0 radical (unpaired) electrons. The van der Waals surface area contributed by atoms with E-state index in [1.54, 1.807) is 12.1 Å². The van der Waals surface area contributed by atoms with Gasteiger partial charge in [-0.1, -0.05) is 38.1 Å². The number of hydrogen-bond acceptors (Lipinski definition) is 5. The third-order valence-corrected chi connectivity index (χ3v) is 9.06. The Morgan fingerprint density at radius 1 is 1.02 bits per heavy atom. The Labute approximate surface area is 262 Å². The molecule has 1 saturated heterocycles. The third kappa shape index (κ3) is 7.16. The van der Waals surface area contributed by atoms with Crippen LogP contribution in [0.4, 0.5) is 10.1 Å². The molecule has 236 valence electrons. The lowest BCUT2D eigenvalue weighted by atomic mass is 9.81. The molecule has 5 rings (SSSR count). The van der Waals surface area contributed by atoms with Crippen LogP contribution in [0.2, 0.25) is 0 Å². The Kier molecular flexibility index (Phi) is 8.94. The van der Waals surface area contributed by atoms with Gasteiger partial charge in [0.1, 0.15) is 5.82 Å². The number of carboxylic acid groups (broad SMARTS) is 1. The number of rotatable bonds is 7. The second-order valence-corrected chi connectivity index (χ2v) is 14.6. The standard InChI is InChI=1S/C37H48FN3O3/c1-23-17-26(19-30(38)18-23)21-40-14-11-27-20-28(9-10-29(27)22-40)31-24(2)39-25(3)32(34(35(42)43)44-36(4,5)6)33(31)41-15-12-37(7,8)13-16-41/h9-10,17-20,34H,11-16,21-22H2,1-8H3,(H,42,43)/t34-/m0/s1. The molecule has 2 aromatic carbocycles. The molecule has 3 aromatic rings. The number of nitrogens with zero attached hydrogens (tertiary/aromatic N) is 3. The van der Waals surface area contributed by atoms with Crippen molar-refractivity contribution in [3.8, 4) is 11.1 Å². The topological polar surface area (TPSA) is 65.9 Å². The van der Waals surface area contributed by atoms with Crippen molar-refractivity contribution < 1.29 is 19.0 Å². The molecule has 1 fully saturated rings. The van der Waals surface area contributed by atoms with Gasteiger partial charge in [0.25, 0.3) is 0 Å². The molecule has 0 unspecified atom stereocenters. The average Bonchev–Trinajstić information content (AvgIpc) is 2.90. The van der Waals surface area contributed by atoms with Crippen molar-refractivity contribution in [3.63, 3.8) is 0 Å². The quantitative estimate of drug-likeness (QED) is 0.297. The minimum atomic E-state index is -1.13. The molecule has 1 N–H and O–H groups in total. The fourth-order valence-corrected chi connectivity index (χ4v) is 6.82. The Bertz CT molecular complexity index is 1530. The first-order valence-electron chi connectivity index (χ1n) is 15.9. The van der Waals surface area contributed by atoms with Gasteiger partial charge in [0, 0.05) is 55.2 Å². The number of ether oxygens (including phenoxy) is 1. The highest BCUT2D eigenvalue weighted by molar-refractivity contribution is 5.88. The van der Waals surface area contributed by atoms with Crippen molar-refractivity contribution in [2.24, 2.45) is 5.41 Å². The second kappa shape index (κ2) is 12.2. The SMILES string of the molecule is Cc1cc(F)cc(CN2CCc3cc(-c4c(C)nc(C)c([C@H](OC(C)(C)C)C(=O)O)c4N4CCC(C)(C)CC4)ccc3C2)c1. The third-order valence-electron chi connectivity index (χ3n) is 9.06. The molecule has 6 nitrogen and oxygen atoms in total. The summed E-state index contributed by atoms with van der Waals surface area (Å²) in [5.41, 5.74) is 9.34. The van der Waals surface area contributed by atoms with Gasteiger partial charge in [-0.05, 0) is 106 Å². The van der Waals surface area contributed by atoms with E-state index < -0.39 is 17.7 Å². The fourth-order valence-electron chi connectivity index (χ4n) is 6.82. The molecule has 1 atom stereocenters. The van der Waals surface area contributed by atoms with Crippen molar-refractivity contribution in [1.82, 2.24) is 9.88 Å². The first-order valence-corrected chi connectivity index (χ1v) is 15.9. The number of carbonyl (C=O) groups is 1. The summed E-state index contributed by atoms with van der Waals surface area (Å²) in [6.45, 7) is 20.3. The maximum Gasteiger partial charge on any atom is 0.337 e. The lowest BCUT2D eigenvalue weighted by molar-refractivity contribution is -0.160. The van der Waals surface area contributed by atoms with Crippen LogP contribution in [0.5, 0.6) is 0 Å². The maximum absolute atomic E-state index is 14.0. The molecule has 44 heavy (non-hydrogen) atoms. The number of pyridine rings is 1. The number of hydrogen-bond donors (Lipinski definition) is 1. The van der Waals surface area contributed by atoms with E-state index in [0.717, 1.165) is 79.1 Å². The molecule has 2 aliphatic rings. The Hall–Kier alpha value is -3.29. The van der Waals surface area contributed by atoms with Gasteiger partial charge < -0.3 is 14.7 Å². The summed E-state index contributed by atoms with van der Waals surface area (Å²) in [6.07, 6.45) is 1.80. The Balaban J connectivity index is 1.56. The van der Waals surface area contributed by atoms with Crippen LogP contribution in [-0.4, -0.2) is 46.2 Å². The van der Waals surface area contributed by atoms with Gasteiger partial charge in [0.2, 0.25) is 0 Å². The summed E-state index contributed by atoms with van der Waals surface area (Å²) in [5, 5.41) is 10.5. The summed E-state index contributed by atoms with van der Waals surface area (Å²) in [6, 6.07) is 11.9. The van der Waals surface area contributed by atoms with E-state index in [1.807, 2.05) is 41.5 Å². The van der Waals surface area contributed by atoms with Crippen LogP contribution in [0.3, 0.4) is 0 Å². The molecular formula is C37H48FN3O3. The van der Waals surface area contributed by atoms with E-state index in [4.69, 9.17) is 9.72 Å². The number of carboxylic acids is 1. The van der Waals surface area contributed by atoms with E-state index in [0.29, 0.717) is 17.8 Å². The predicted molar refractivity (Wildman–Crippen MR) is 175 cm³/mol. The van der Waals surface area contributed by atoms with E-state index in [2.05, 4.69) is 47.9 Å². The minimum Gasteiger partial charge on any atom is -0.479 e. The lowest BCUT2D eigenvalue weighted by Crippen LogP contribution is -2.39. The summed E-state index contributed by atoms with van der Waals surface area (Å²) >= 11 is 0. The first-order chi connectivity index (χ1) is 20.6. The number of aromatic nitrogens is 1. The summed E-state index contributed by atoms with van der Waals surface area (Å²) in [7, 11) is 0. The average molecular weight is 602 g/mol. The van der Waals surface area contributed by atoms with Gasteiger partial charge in [0.15, 0.2) is 6.10 Å². The zero-order chi connectivity index (χ0) is 32.0. The van der Waals surface area contributed by atoms with E-state index in [-0.39, 0.29) is 11.2 Å². The maximum atomic E-state index is 14.0. The molecule has 7 heteroatoms. The molecule has 2 aliphatic heterocycles. The molecule has 0 saturated carbocycles. The van der Waals surface area contributed by atoms with Gasteiger partial charge >= 0.3 is 5.97 Å². The van der Waals surface area contributed by atoms with Crippen LogP contribution >= 0.6 is 0 Å². The van der Waals surface area contributed by atoms with Crippen molar-refractivity contribution in [2.45, 2.75) is 99.4 Å². The van der Waals surface area contributed by atoms with Crippen molar-refractivity contribution >= 4 is 11.7 Å². The number of aliphatic carboxylic acids is 1. The van der Waals surface area contributed by atoms with Gasteiger partial charge in [-0.2, -0.15) is 0 Å². The van der Waals surface area contributed by atoms with Crippen LogP contribution in [0.25, 0.3) is 11.1 Å². The van der Waals surface area contributed by atoms with Crippen LogP contribution in [0.1, 0.15) is 92.8 Å². The van der Waals surface area contributed by atoms with Crippen LogP contribution < -0.4 is 4.90 Å². The highest BCUT2D eigenvalue weighted by Gasteiger charge is 2.36. The Morgan fingerprint density at radius 3 is 2.36 bits per heavy atom. The van der Waals surface area contributed by atoms with Crippen molar-refractivity contribution in [1.29, 1.82) is 0 Å². The lowest BCUT2D eigenvalue weighted by Gasteiger charge is -2.41. The Morgan fingerprint density at radius 2 is 1.73 bits per heavy atom. The summed E-state index contributed by atoms with van der Waals surface area (Å²) in [5.74, 6) is -1.19. The normalized spacial score (nSPS) is 17.8. The molecule has 0 amide bonds. The van der Waals surface area contributed by atoms with E-state index in [9.17, 15) is 14.3 Å². The largest absolute Gasteiger partial charge is 0.479 e. The van der Waals surface area contributed by atoms with Gasteiger partial charge in [-0.15, -0.1) is 0 Å². The smallest absolute Gasteiger partial charge is 0.337 e. The number of aryl methyl sites for hydroxylation is 3. The van der Waals surface area contributed by atoms with Crippen molar-refractivity contribution in [3.05, 3.63) is 81.4 Å². The molecule has 3 heterocycles. The molecule has 0 spiro atoms. The van der Waals surface area contributed by atoms with E-state index in [1.165, 1.54) is 11.1 Å². The summed E-state index contributed by atoms with van der Waals surface area (Å²) < 4.78 is 20.3. The van der Waals surface area contributed by atoms with Crippen LogP contribution in [0.15, 0.2) is 36.4 Å². The first kappa shape index (κ1) is 32.1. The molecule has 0 aliphatic carbocycles. The minimum absolute atomic E-state index is 0.186. The highest BCUT2D eigenvalue weighted by Crippen LogP contribution is 2.45. The van der Waals surface area contributed by atoms with Gasteiger partial charge in [-0.3, -0.25) is 9.88 Å². The van der Waals surface area contributed by atoms with Crippen molar-refractivity contribution in [2.75, 3.05) is 24.5 Å². The number of halogens is 1. The van der Waals surface area contributed by atoms with Gasteiger partial charge in [0.05, 0.1) is 11.3 Å². The van der Waals surface area contributed by atoms with Crippen LogP contribution in [-0.2, 0) is 29.0 Å². The van der Waals surface area contributed by atoms with E-state index >= 15 is 0 Å². The zero-order valence-corrected chi connectivity index (χ0v) is 27.7. The molecule has 1 aromatic heterocycles. The number of piperidine rings is 1. The molecular weight excluding hydrogens is 553 g/mol. The summed E-state index contributed by atoms with van der Waals surface area (Å²) in [4.78, 5) is 22.5. The number of benzene rings is 2.